The van der Waals surface area contributed by atoms with Gasteiger partial charge >= 0.3 is 0 Å². The molecular formula is C23H23N5S. The highest BCUT2D eigenvalue weighted by atomic mass is 32.2. The van der Waals surface area contributed by atoms with Gasteiger partial charge in [-0.15, -0.1) is 0 Å². The number of benzene rings is 1. The van der Waals surface area contributed by atoms with Gasteiger partial charge in [-0.05, 0) is 72.3 Å². The van der Waals surface area contributed by atoms with E-state index in [1.54, 1.807) is 12.3 Å². The summed E-state index contributed by atoms with van der Waals surface area (Å²) < 4.78 is 2.38. The van der Waals surface area contributed by atoms with Gasteiger partial charge in [0.1, 0.15) is 11.8 Å². The summed E-state index contributed by atoms with van der Waals surface area (Å²) in [6, 6.07) is 10.5. The molecule has 1 unspecified atom stereocenters. The standard InChI is InChI=1S/C23H23N5S/c24-13-20-2-1-17(14-26-20)18-11-16-5-8-25-15-22(16)23(12-18)27-19-6-9-28(10-7-19)29-21-3-4-21/h1-2,5-6,9,11-12,14-15,19,21,25,27H,3-4,7-8,10H2. The van der Waals surface area contributed by atoms with Crippen LogP contribution in [0.3, 0.4) is 0 Å². The molecule has 1 aliphatic carbocycles. The Labute approximate surface area is 175 Å². The molecule has 3 aliphatic rings. The van der Waals surface area contributed by atoms with Crippen LogP contribution in [0.2, 0.25) is 0 Å². The zero-order chi connectivity index (χ0) is 19.6. The van der Waals surface area contributed by atoms with Crippen LogP contribution >= 0.6 is 11.9 Å². The largest absolute Gasteiger partial charge is 0.387 e. The molecule has 1 aromatic carbocycles. The van der Waals surface area contributed by atoms with E-state index in [9.17, 15) is 0 Å². The van der Waals surface area contributed by atoms with Gasteiger partial charge in [0.15, 0.2) is 0 Å². The Morgan fingerprint density at radius 2 is 2.14 bits per heavy atom. The molecule has 2 N–H and O–H groups in total. The predicted molar refractivity (Wildman–Crippen MR) is 119 cm³/mol. The Morgan fingerprint density at radius 3 is 2.86 bits per heavy atom. The van der Waals surface area contributed by atoms with Crippen LogP contribution < -0.4 is 21.1 Å². The molecule has 29 heavy (non-hydrogen) atoms. The molecule has 2 aliphatic heterocycles. The minimum atomic E-state index is 0.319. The molecule has 0 radical (unpaired) electrons. The van der Waals surface area contributed by atoms with Gasteiger partial charge < -0.3 is 14.9 Å². The second-order valence-corrected chi connectivity index (χ2v) is 9.00. The zero-order valence-electron chi connectivity index (χ0n) is 16.1. The molecular weight excluding hydrogens is 378 g/mol. The van der Waals surface area contributed by atoms with Crippen molar-refractivity contribution >= 4 is 29.9 Å². The average molecular weight is 402 g/mol. The minimum absolute atomic E-state index is 0.319. The third kappa shape index (κ3) is 4.10. The van der Waals surface area contributed by atoms with Crippen LogP contribution in [0.15, 0.2) is 42.7 Å². The number of rotatable bonds is 5. The first-order valence-electron chi connectivity index (χ1n) is 10.1. The highest BCUT2D eigenvalue weighted by Gasteiger charge is 2.26. The third-order valence-corrected chi connectivity index (χ3v) is 6.75. The summed E-state index contributed by atoms with van der Waals surface area (Å²) in [5.41, 5.74) is 3.70. The molecule has 0 saturated heterocycles. The topological polar surface area (TPSA) is 64.0 Å². The second-order valence-electron chi connectivity index (χ2n) is 7.65. The molecule has 5 rings (SSSR count). The lowest BCUT2D eigenvalue weighted by Crippen LogP contribution is -2.37. The molecule has 1 atom stereocenters. The van der Waals surface area contributed by atoms with Crippen molar-refractivity contribution in [3.63, 3.8) is 0 Å². The Kier molecular flexibility index (Phi) is 4.91. The van der Waals surface area contributed by atoms with E-state index >= 15 is 0 Å². The van der Waals surface area contributed by atoms with Gasteiger partial charge in [0.25, 0.3) is 0 Å². The van der Waals surface area contributed by atoms with Crippen LogP contribution in [0.4, 0.5) is 5.69 Å². The van der Waals surface area contributed by atoms with Crippen molar-refractivity contribution in [3.05, 3.63) is 58.9 Å². The van der Waals surface area contributed by atoms with Crippen molar-refractivity contribution in [2.75, 3.05) is 18.4 Å². The lowest BCUT2D eigenvalue weighted by Gasteiger charge is -2.28. The predicted octanol–water partition coefficient (Wildman–Crippen LogP) is 2.55. The third-order valence-electron chi connectivity index (χ3n) is 5.40. The number of hydrogen-bond donors (Lipinski definition) is 2. The number of aromatic nitrogens is 1. The van der Waals surface area contributed by atoms with Crippen LogP contribution in [0.5, 0.6) is 0 Å². The van der Waals surface area contributed by atoms with Gasteiger partial charge in [-0.3, -0.25) is 0 Å². The van der Waals surface area contributed by atoms with E-state index in [1.165, 1.54) is 23.3 Å². The maximum atomic E-state index is 9.00. The molecule has 0 amide bonds. The molecule has 3 heterocycles. The summed E-state index contributed by atoms with van der Waals surface area (Å²) in [4.78, 5) is 4.24. The number of anilines is 1. The van der Waals surface area contributed by atoms with E-state index in [2.05, 4.69) is 62.7 Å². The van der Waals surface area contributed by atoms with Gasteiger partial charge in [0, 0.05) is 59.4 Å². The van der Waals surface area contributed by atoms with E-state index in [4.69, 9.17) is 5.26 Å². The Balaban J connectivity index is 1.43. The SMILES string of the molecule is N#Cc1ccc(-c2cc(NC3C=CN(SC4CC4)CC3)c3c(c2)=CCNC=3)cn1. The van der Waals surface area contributed by atoms with E-state index in [0.717, 1.165) is 41.6 Å². The first-order chi connectivity index (χ1) is 14.3. The lowest BCUT2D eigenvalue weighted by molar-refractivity contribution is 0.537. The lowest BCUT2D eigenvalue weighted by atomic mass is 10.0. The fraction of sp³-hybridized carbons (Fsp3) is 0.304. The van der Waals surface area contributed by atoms with Gasteiger partial charge in [-0.1, -0.05) is 6.08 Å². The fourth-order valence-electron chi connectivity index (χ4n) is 3.66. The number of fused-ring (bicyclic) bond motifs is 1. The van der Waals surface area contributed by atoms with E-state index < -0.39 is 0 Å². The Hall–Kier alpha value is -2.91. The molecule has 0 spiro atoms. The smallest absolute Gasteiger partial charge is 0.140 e. The van der Waals surface area contributed by atoms with Crippen molar-refractivity contribution in [2.45, 2.75) is 30.6 Å². The molecule has 0 bridgehead atoms. The summed E-state index contributed by atoms with van der Waals surface area (Å²) >= 11 is 1.99. The van der Waals surface area contributed by atoms with Crippen LogP contribution in [0.1, 0.15) is 25.0 Å². The van der Waals surface area contributed by atoms with Crippen LogP contribution in [0.25, 0.3) is 23.4 Å². The normalized spacial score (nSPS) is 20.0. The molecule has 2 aromatic rings. The van der Waals surface area contributed by atoms with Crippen molar-refractivity contribution in [3.8, 4) is 17.2 Å². The van der Waals surface area contributed by atoms with Gasteiger partial charge in [-0.2, -0.15) is 5.26 Å². The molecule has 146 valence electrons. The number of nitrogens with zero attached hydrogens (tertiary/aromatic N) is 3. The Bertz CT molecular complexity index is 1100. The van der Waals surface area contributed by atoms with Crippen LogP contribution in [-0.4, -0.2) is 33.7 Å². The van der Waals surface area contributed by atoms with Crippen molar-refractivity contribution < 1.29 is 0 Å². The number of nitrogens with one attached hydrogen (secondary N) is 2. The monoisotopic (exact) mass is 401 g/mol. The number of pyridine rings is 1. The minimum Gasteiger partial charge on any atom is -0.387 e. The number of hydrogen-bond acceptors (Lipinski definition) is 6. The molecule has 1 aromatic heterocycles. The summed E-state index contributed by atoms with van der Waals surface area (Å²) in [7, 11) is 0. The first kappa shape index (κ1) is 18.1. The molecule has 1 fully saturated rings. The quantitative estimate of drug-likeness (QED) is 0.751. The highest BCUT2D eigenvalue weighted by molar-refractivity contribution is 7.98. The second kappa shape index (κ2) is 7.84. The average Bonchev–Trinajstić information content (AvgIpc) is 3.59. The fourth-order valence-corrected chi connectivity index (χ4v) is 4.74. The maximum Gasteiger partial charge on any atom is 0.140 e. The van der Waals surface area contributed by atoms with Gasteiger partial charge in [-0.25, -0.2) is 4.98 Å². The van der Waals surface area contributed by atoms with Crippen LogP contribution in [0, 0.1) is 11.3 Å². The summed E-state index contributed by atoms with van der Waals surface area (Å²) in [5, 5.41) is 19.3. The highest BCUT2D eigenvalue weighted by Crippen LogP contribution is 2.37. The van der Waals surface area contributed by atoms with Crippen molar-refractivity contribution in [2.24, 2.45) is 0 Å². The zero-order valence-corrected chi connectivity index (χ0v) is 17.0. The maximum absolute atomic E-state index is 9.00. The van der Waals surface area contributed by atoms with E-state index in [0.29, 0.717) is 11.7 Å². The molecule has 6 heteroatoms. The van der Waals surface area contributed by atoms with E-state index in [1.807, 2.05) is 18.0 Å². The first-order valence-corrected chi connectivity index (χ1v) is 10.9. The molecule has 5 nitrogen and oxygen atoms in total. The Morgan fingerprint density at radius 1 is 1.21 bits per heavy atom. The summed E-state index contributed by atoms with van der Waals surface area (Å²) in [6.45, 7) is 1.91. The molecule has 1 saturated carbocycles. The van der Waals surface area contributed by atoms with Gasteiger partial charge in [0.2, 0.25) is 0 Å². The van der Waals surface area contributed by atoms with Crippen molar-refractivity contribution in [1.29, 1.82) is 5.26 Å². The van der Waals surface area contributed by atoms with Crippen LogP contribution in [-0.2, 0) is 0 Å². The van der Waals surface area contributed by atoms with Gasteiger partial charge in [0.05, 0.1) is 0 Å². The summed E-state index contributed by atoms with van der Waals surface area (Å²) in [5.74, 6) is 0. The van der Waals surface area contributed by atoms with E-state index in [-0.39, 0.29) is 0 Å². The summed E-state index contributed by atoms with van der Waals surface area (Å²) in [6.07, 6.45) is 14.4. The van der Waals surface area contributed by atoms with Crippen molar-refractivity contribution in [1.82, 2.24) is 14.6 Å². The number of nitriles is 1.